The summed E-state index contributed by atoms with van der Waals surface area (Å²) in [7, 11) is 3.11. The van der Waals surface area contributed by atoms with Gasteiger partial charge >= 0.3 is 5.69 Å². The number of aromatic nitrogens is 2. The second kappa shape index (κ2) is 6.69. The molecule has 1 heterocycles. The standard InChI is InChI=1S/C10H17N5O4/c1-7-9(15(17)18)10(14(2)13-7)12-6-8(16)11-4-5-19-3/h12H,4-6H2,1-3H3,(H,11,16). The van der Waals surface area contributed by atoms with Crippen LogP contribution < -0.4 is 10.6 Å². The molecule has 0 unspecified atom stereocenters. The lowest BCUT2D eigenvalue weighted by atomic mass is 10.4. The molecule has 9 nitrogen and oxygen atoms in total. The van der Waals surface area contributed by atoms with Gasteiger partial charge in [-0.2, -0.15) is 5.10 Å². The quantitative estimate of drug-likeness (QED) is 0.404. The van der Waals surface area contributed by atoms with E-state index in [4.69, 9.17) is 4.74 Å². The fraction of sp³-hybridized carbons (Fsp3) is 0.600. The minimum absolute atomic E-state index is 0.0659. The highest BCUT2D eigenvalue weighted by atomic mass is 16.6. The fourth-order valence-electron chi connectivity index (χ4n) is 1.58. The van der Waals surface area contributed by atoms with Crippen molar-refractivity contribution in [2.45, 2.75) is 6.92 Å². The van der Waals surface area contributed by atoms with Crippen molar-refractivity contribution in [2.75, 3.05) is 32.1 Å². The van der Waals surface area contributed by atoms with Crippen LogP contribution in [0.15, 0.2) is 0 Å². The molecule has 0 radical (unpaired) electrons. The molecule has 1 rings (SSSR count). The molecule has 1 aromatic rings. The third-order valence-electron chi connectivity index (χ3n) is 2.42. The van der Waals surface area contributed by atoms with E-state index in [2.05, 4.69) is 15.7 Å². The van der Waals surface area contributed by atoms with E-state index in [1.807, 2.05) is 0 Å². The fourth-order valence-corrected chi connectivity index (χ4v) is 1.58. The lowest BCUT2D eigenvalue weighted by Crippen LogP contribution is -2.32. The molecule has 0 atom stereocenters. The van der Waals surface area contributed by atoms with Gasteiger partial charge in [0.2, 0.25) is 11.7 Å². The number of carbonyl (C=O) groups excluding carboxylic acids is 1. The Kier molecular flexibility index (Phi) is 5.24. The molecule has 1 amide bonds. The summed E-state index contributed by atoms with van der Waals surface area (Å²) in [6.45, 7) is 2.28. The van der Waals surface area contributed by atoms with Gasteiger partial charge < -0.3 is 15.4 Å². The van der Waals surface area contributed by atoms with E-state index in [9.17, 15) is 14.9 Å². The van der Waals surface area contributed by atoms with Crippen molar-refractivity contribution in [3.05, 3.63) is 15.8 Å². The average Bonchev–Trinajstić information content (AvgIpc) is 2.61. The Bertz CT molecular complexity index is 471. The van der Waals surface area contributed by atoms with Gasteiger partial charge in [-0.25, -0.2) is 4.68 Å². The number of amides is 1. The third-order valence-corrected chi connectivity index (χ3v) is 2.42. The second-order valence-corrected chi connectivity index (χ2v) is 3.86. The Balaban J connectivity index is 2.62. The highest BCUT2D eigenvalue weighted by Gasteiger charge is 2.23. The van der Waals surface area contributed by atoms with Gasteiger partial charge in [0.15, 0.2) is 0 Å². The van der Waals surface area contributed by atoms with E-state index in [1.165, 1.54) is 11.8 Å². The highest BCUT2D eigenvalue weighted by molar-refractivity contribution is 5.81. The van der Waals surface area contributed by atoms with Crippen LogP contribution in [0, 0.1) is 17.0 Å². The zero-order valence-electron chi connectivity index (χ0n) is 11.1. The second-order valence-electron chi connectivity index (χ2n) is 3.86. The molecule has 1 aromatic heterocycles. The number of anilines is 1. The summed E-state index contributed by atoms with van der Waals surface area (Å²) in [4.78, 5) is 21.8. The van der Waals surface area contributed by atoms with Gasteiger partial charge in [-0.1, -0.05) is 0 Å². The van der Waals surface area contributed by atoms with E-state index in [0.29, 0.717) is 18.8 Å². The molecule has 9 heteroatoms. The topological polar surface area (TPSA) is 111 Å². The number of nitrogens with one attached hydrogen (secondary N) is 2. The Morgan fingerprint density at radius 3 is 2.84 bits per heavy atom. The Hall–Kier alpha value is -2.16. The molecule has 0 aliphatic rings. The molecular weight excluding hydrogens is 254 g/mol. The molecule has 2 N–H and O–H groups in total. The smallest absolute Gasteiger partial charge is 0.333 e. The van der Waals surface area contributed by atoms with E-state index in [-0.39, 0.29) is 24.0 Å². The first kappa shape index (κ1) is 14.9. The highest BCUT2D eigenvalue weighted by Crippen LogP contribution is 2.26. The SMILES string of the molecule is COCCNC(=O)CNc1c([N+](=O)[O-])c(C)nn1C. The van der Waals surface area contributed by atoms with Crippen LogP contribution in [0.25, 0.3) is 0 Å². The van der Waals surface area contributed by atoms with Crippen LogP contribution in [-0.2, 0) is 16.6 Å². The number of aryl methyl sites for hydroxylation is 2. The zero-order valence-corrected chi connectivity index (χ0v) is 11.1. The summed E-state index contributed by atoms with van der Waals surface area (Å²) < 4.78 is 6.13. The molecule has 0 aromatic carbocycles. The van der Waals surface area contributed by atoms with Crippen LogP contribution in [-0.4, -0.2) is 47.4 Å². The third kappa shape index (κ3) is 3.91. The zero-order chi connectivity index (χ0) is 14.4. The van der Waals surface area contributed by atoms with Crippen molar-refractivity contribution in [2.24, 2.45) is 7.05 Å². The number of nitrogens with zero attached hydrogens (tertiary/aromatic N) is 3. The van der Waals surface area contributed by atoms with Gasteiger partial charge in [0, 0.05) is 20.7 Å². The number of carbonyl (C=O) groups is 1. The van der Waals surface area contributed by atoms with Crippen LogP contribution in [0.4, 0.5) is 11.5 Å². The predicted molar refractivity (Wildman–Crippen MR) is 68.0 cm³/mol. The molecule has 0 saturated carbocycles. The van der Waals surface area contributed by atoms with Crippen molar-refractivity contribution in [1.82, 2.24) is 15.1 Å². The van der Waals surface area contributed by atoms with Crippen LogP contribution >= 0.6 is 0 Å². The van der Waals surface area contributed by atoms with E-state index < -0.39 is 4.92 Å². The van der Waals surface area contributed by atoms with Crippen molar-refractivity contribution in [1.29, 1.82) is 0 Å². The van der Waals surface area contributed by atoms with Crippen LogP contribution in [0.3, 0.4) is 0 Å². The summed E-state index contributed by atoms with van der Waals surface area (Å²) in [6, 6.07) is 0. The molecule has 0 aliphatic carbocycles. The van der Waals surface area contributed by atoms with Gasteiger partial charge in [0.1, 0.15) is 5.69 Å². The summed E-state index contributed by atoms with van der Waals surface area (Å²) in [5.74, 6) is -0.0606. The van der Waals surface area contributed by atoms with E-state index >= 15 is 0 Å². The normalized spacial score (nSPS) is 10.3. The summed E-state index contributed by atoms with van der Waals surface area (Å²) in [6.07, 6.45) is 0. The van der Waals surface area contributed by atoms with E-state index in [1.54, 1.807) is 14.0 Å². The minimum Gasteiger partial charge on any atom is -0.383 e. The predicted octanol–water partition coefficient (Wildman–Crippen LogP) is -0.189. The maximum Gasteiger partial charge on any atom is 0.333 e. The Morgan fingerprint density at radius 1 is 1.58 bits per heavy atom. The number of hydrogen-bond acceptors (Lipinski definition) is 6. The number of nitro groups is 1. The first-order valence-corrected chi connectivity index (χ1v) is 5.64. The first-order valence-electron chi connectivity index (χ1n) is 5.64. The van der Waals surface area contributed by atoms with Crippen molar-refractivity contribution in [3.63, 3.8) is 0 Å². The lowest BCUT2D eigenvalue weighted by molar-refractivity contribution is -0.384. The largest absolute Gasteiger partial charge is 0.383 e. The first-order chi connectivity index (χ1) is 8.97. The molecule has 19 heavy (non-hydrogen) atoms. The van der Waals surface area contributed by atoms with Gasteiger partial charge in [-0.05, 0) is 6.92 Å². The summed E-state index contributed by atoms with van der Waals surface area (Å²) >= 11 is 0. The van der Waals surface area contributed by atoms with Crippen molar-refractivity contribution >= 4 is 17.4 Å². The number of ether oxygens (including phenoxy) is 1. The Morgan fingerprint density at radius 2 is 2.26 bits per heavy atom. The average molecular weight is 271 g/mol. The van der Waals surface area contributed by atoms with Gasteiger partial charge in [0.25, 0.3) is 0 Å². The molecule has 106 valence electrons. The summed E-state index contributed by atoms with van der Waals surface area (Å²) in [5, 5.41) is 20.2. The van der Waals surface area contributed by atoms with Crippen LogP contribution in [0.5, 0.6) is 0 Å². The molecular formula is C10H17N5O4. The molecule has 0 spiro atoms. The van der Waals surface area contributed by atoms with Crippen molar-refractivity contribution in [3.8, 4) is 0 Å². The molecule has 0 bridgehead atoms. The number of methoxy groups -OCH3 is 1. The lowest BCUT2D eigenvalue weighted by Gasteiger charge is -2.07. The van der Waals surface area contributed by atoms with Crippen LogP contribution in [0.1, 0.15) is 5.69 Å². The molecule has 0 aliphatic heterocycles. The maximum atomic E-state index is 11.5. The van der Waals surface area contributed by atoms with Gasteiger partial charge in [0.05, 0.1) is 18.1 Å². The molecule has 0 saturated heterocycles. The van der Waals surface area contributed by atoms with Gasteiger partial charge in [-0.15, -0.1) is 0 Å². The van der Waals surface area contributed by atoms with Gasteiger partial charge in [-0.3, -0.25) is 14.9 Å². The molecule has 0 fully saturated rings. The van der Waals surface area contributed by atoms with Crippen molar-refractivity contribution < 1.29 is 14.5 Å². The van der Waals surface area contributed by atoms with E-state index in [0.717, 1.165) is 0 Å². The van der Waals surface area contributed by atoms with Crippen LogP contribution in [0.2, 0.25) is 0 Å². The number of hydrogen-bond donors (Lipinski definition) is 2. The summed E-state index contributed by atoms with van der Waals surface area (Å²) in [5.41, 5.74) is 0.182. The monoisotopic (exact) mass is 271 g/mol. The maximum absolute atomic E-state index is 11.5. The number of rotatable bonds is 7. The Labute approximate surface area is 110 Å². The minimum atomic E-state index is -0.520.